The first-order valence-electron chi connectivity index (χ1n) is 16.6. The highest BCUT2D eigenvalue weighted by Gasteiger charge is 2.18. The number of fused-ring (bicyclic) bond motifs is 2. The van der Waals surface area contributed by atoms with Gasteiger partial charge in [-0.05, 0) is 102 Å². The van der Waals surface area contributed by atoms with E-state index in [4.69, 9.17) is 5.41 Å². The highest BCUT2D eigenvalue weighted by Crippen LogP contribution is 2.45. The van der Waals surface area contributed by atoms with E-state index in [1.165, 1.54) is 66.1 Å². The van der Waals surface area contributed by atoms with Crippen molar-refractivity contribution in [2.75, 3.05) is 5.32 Å². The molecular weight excluding hydrogens is 593 g/mol. The molecule has 0 aliphatic carbocycles. The highest BCUT2D eigenvalue weighted by atomic mass is 14.8. The number of nitrogens with one attached hydrogen (secondary N) is 2. The van der Waals surface area contributed by atoms with Crippen molar-refractivity contribution in [3.8, 4) is 44.5 Å². The molecule has 0 radical (unpaired) electrons. The molecule has 0 unspecified atom stereocenters. The van der Waals surface area contributed by atoms with Gasteiger partial charge in [0, 0.05) is 11.9 Å². The molecular formula is C47H34N2. The quantitative estimate of drug-likeness (QED) is 0.128. The molecule has 0 fully saturated rings. The second-order valence-corrected chi connectivity index (χ2v) is 12.2. The third-order valence-corrected chi connectivity index (χ3v) is 9.13. The normalized spacial score (nSPS) is 11.3. The van der Waals surface area contributed by atoms with Crippen LogP contribution in [-0.2, 0) is 0 Å². The van der Waals surface area contributed by atoms with Crippen LogP contribution in [0, 0.1) is 5.41 Å². The first-order chi connectivity index (χ1) is 24.2. The lowest BCUT2D eigenvalue weighted by molar-refractivity contribution is 1.49. The minimum atomic E-state index is 0.457. The summed E-state index contributed by atoms with van der Waals surface area (Å²) in [6.07, 6.45) is 3.67. The van der Waals surface area contributed by atoms with E-state index < -0.39 is 0 Å². The third kappa shape index (κ3) is 6.04. The summed E-state index contributed by atoms with van der Waals surface area (Å²) >= 11 is 0. The molecule has 0 aliphatic rings. The van der Waals surface area contributed by atoms with E-state index in [2.05, 4.69) is 157 Å². The number of hydrogen-bond donors (Lipinski definition) is 2. The summed E-state index contributed by atoms with van der Waals surface area (Å²) in [6.45, 7) is 0. The summed E-state index contributed by atoms with van der Waals surface area (Å²) in [4.78, 5) is 0. The van der Waals surface area contributed by atoms with Crippen molar-refractivity contribution in [3.05, 3.63) is 200 Å². The summed E-state index contributed by atoms with van der Waals surface area (Å²) in [5, 5.41) is 16.8. The smallest absolute Gasteiger partial charge is 0.0626 e. The summed E-state index contributed by atoms with van der Waals surface area (Å²) in [5.41, 5.74) is 11.9. The van der Waals surface area contributed by atoms with Crippen LogP contribution in [0.5, 0.6) is 0 Å². The molecule has 0 saturated heterocycles. The topological polar surface area (TPSA) is 35.9 Å². The molecule has 2 heteroatoms. The Morgan fingerprint density at radius 1 is 0.388 bits per heavy atom. The van der Waals surface area contributed by atoms with Crippen LogP contribution in [-0.4, -0.2) is 5.71 Å². The lowest BCUT2D eigenvalue weighted by atomic mass is 9.84. The number of benzene rings is 8. The Morgan fingerprint density at radius 2 is 0.837 bits per heavy atom. The Bertz CT molecular complexity index is 2460. The second-order valence-electron chi connectivity index (χ2n) is 12.2. The zero-order chi connectivity index (χ0) is 33.0. The molecule has 0 aliphatic heterocycles. The summed E-state index contributed by atoms with van der Waals surface area (Å²) in [7, 11) is 0. The molecule has 2 nitrogen and oxygen atoms in total. The van der Waals surface area contributed by atoms with Gasteiger partial charge in [0.05, 0.1) is 5.71 Å². The van der Waals surface area contributed by atoms with Crippen molar-refractivity contribution in [3.63, 3.8) is 0 Å². The average Bonchev–Trinajstić information content (AvgIpc) is 3.18. The molecule has 0 aromatic heterocycles. The van der Waals surface area contributed by atoms with Crippen LogP contribution < -0.4 is 5.32 Å². The van der Waals surface area contributed by atoms with Gasteiger partial charge in [-0.1, -0.05) is 158 Å². The maximum absolute atomic E-state index is 8.53. The van der Waals surface area contributed by atoms with E-state index >= 15 is 0 Å². The molecule has 0 spiro atoms. The molecule has 232 valence electrons. The fourth-order valence-electron chi connectivity index (χ4n) is 6.80. The van der Waals surface area contributed by atoms with Gasteiger partial charge in [0.25, 0.3) is 0 Å². The van der Waals surface area contributed by atoms with Gasteiger partial charge in [0.15, 0.2) is 0 Å². The van der Waals surface area contributed by atoms with E-state index in [9.17, 15) is 0 Å². The Kier molecular flexibility index (Phi) is 8.11. The van der Waals surface area contributed by atoms with Crippen molar-refractivity contribution in [1.82, 2.24) is 0 Å². The van der Waals surface area contributed by atoms with Crippen molar-refractivity contribution in [2.45, 2.75) is 0 Å². The number of rotatable bonds is 8. The summed E-state index contributed by atoms with van der Waals surface area (Å²) in [5.74, 6) is 0. The molecule has 0 amide bonds. The van der Waals surface area contributed by atoms with E-state index in [1.54, 1.807) is 0 Å². The molecule has 8 aromatic rings. The summed E-state index contributed by atoms with van der Waals surface area (Å²) < 4.78 is 0. The Morgan fingerprint density at radius 3 is 1.41 bits per heavy atom. The number of anilines is 1. The van der Waals surface area contributed by atoms with Crippen molar-refractivity contribution >= 4 is 32.9 Å². The van der Waals surface area contributed by atoms with Crippen LogP contribution in [0.3, 0.4) is 0 Å². The molecule has 0 bridgehead atoms. The van der Waals surface area contributed by atoms with Gasteiger partial charge < -0.3 is 10.7 Å². The van der Waals surface area contributed by atoms with Gasteiger partial charge in [-0.15, -0.1) is 0 Å². The largest absolute Gasteiger partial charge is 0.362 e. The maximum atomic E-state index is 8.53. The number of allylic oxidation sites excluding steroid dienone is 1. The van der Waals surface area contributed by atoms with Gasteiger partial charge in [0.2, 0.25) is 0 Å². The minimum absolute atomic E-state index is 0.457. The first-order valence-corrected chi connectivity index (χ1v) is 16.6. The zero-order valence-corrected chi connectivity index (χ0v) is 27.0. The molecule has 49 heavy (non-hydrogen) atoms. The van der Waals surface area contributed by atoms with Crippen LogP contribution in [0.1, 0.15) is 5.56 Å². The van der Waals surface area contributed by atoms with Crippen LogP contribution in [0.4, 0.5) is 5.69 Å². The van der Waals surface area contributed by atoms with E-state index in [-0.39, 0.29) is 0 Å². The SMILES string of the molecule is N=C(/C=C\Nc1ccc2c(-c3cccc(-c4ccccc4)c3)c3ccccc3c(-c3cccc(-c4ccccc4)c3)c2c1)c1ccccc1. The third-order valence-electron chi connectivity index (χ3n) is 9.13. The van der Waals surface area contributed by atoms with Gasteiger partial charge in [-0.25, -0.2) is 0 Å². The Labute approximate surface area is 287 Å². The second kappa shape index (κ2) is 13.3. The Hall–Kier alpha value is -6.51. The van der Waals surface area contributed by atoms with Gasteiger partial charge in [0.1, 0.15) is 0 Å². The molecule has 0 saturated carbocycles. The van der Waals surface area contributed by atoms with Gasteiger partial charge >= 0.3 is 0 Å². The molecule has 0 heterocycles. The minimum Gasteiger partial charge on any atom is -0.362 e. The predicted molar refractivity (Wildman–Crippen MR) is 209 cm³/mol. The van der Waals surface area contributed by atoms with Crippen LogP contribution in [0.25, 0.3) is 66.1 Å². The van der Waals surface area contributed by atoms with E-state index in [0.717, 1.165) is 11.3 Å². The average molecular weight is 627 g/mol. The van der Waals surface area contributed by atoms with Crippen molar-refractivity contribution in [1.29, 1.82) is 5.41 Å². The number of hydrogen-bond acceptors (Lipinski definition) is 2. The van der Waals surface area contributed by atoms with Crippen molar-refractivity contribution in [2.24, 2.45) is 0 Å². The predicted octanol–water partition coefficient (Wildman–Crippen LogP) is 12.7. The highest BCUT2D eigenvalue weighted by molar-refractivity contribution is 6.22. The fraction of sp³-hybridized carbons (Fsp3) is 0. The molecule has 0 atom stereocenters. The van der Waals surface area contributed by atoms with Crippen LogP contribution in [0.15, 0.2) is 194 Å². The van der Waals surface area contributed by atoms with Gasteiger partial charge in [-0.2, -0.15) is 0 Å². The molecule has 8 aromatic carbocycles. The van der Waals surface area contributed by atoms with E-state index in [0.29, 0.717) is 5.71 Å². The fourth-order valence-corrected chi connectivity index (χ4v) is 6.80. The zero-order valence-electron chi connectivity index (χ0n) is 27.0. The lowest BCUT2D eigenvalue weighted by Crippen LogP contribution is -1.96. The Balaban J connectivity index is 1.33. The van der Waals surface area contributed by atoms with Crippen molar-refractivity contribution < 1.29 is 0 Å². The maximum Gasteiger partial charge on any atom is 0.0626 e. The monoisotopic (exact) mass is 626 g/mol. The van der Waals surface area contributed by atoms with Crippen LogP contribution in [0.2, 0.25) is 0 Å². The van der Waals surface area contributed by atoms with E-state index in [1.807, 2.05) is 42.6 Å². The van der Waals surface area contributed by atoms with Crippen LogP contribution >= 0.6 is 0 Å². The molecule has 2 N–H and O–H groups in total. The summed E-state index contributed by atoms with van der Waals surface area (Å²) in [6, 6.07) is 64.2. The standard InChI is InChI=1S/C47H34N2/c48-45(35-18-8-3-9-19-35)28-29-49-40-26-27-43-44(32-40)47(39-23-13-21-37(31-39)34-16-6-2-7-17-34)42-25-11-10-24-41(42)46(43)38-22-12-20-36(30-38)33-14-4-1-5-15-33/h1-32,48-49H/b29-28-,48-45?. The molecule has 8 rings (SSSR count). The lowest BCUT2D eigenvalue weighted by Gasteiger charge is -2.19. The van der Waals surface area contributed by atoms with Gasteiger partial charge in [-0.3, -0.25) is 0 Å². The first kappa shape index (κ1) is 29.9.